The molecule has 0 spiro atoms. The van der Waals surface area contributed by atoms with Crippen molar-refractivity contribution < 1.29 is 8.78 Å². The number of rotatable bonds is 3. The Kier molecular flexibility index (Phi) is 3.93. The van der Waals surface area contributed by atoms with Crippen LogP contribution in [0.4, 0.5) is 14.5 Å². The van der Waals surface area contributed by atoms with Crippen LogP contribution in [0.2, 0.25) is 0 Å². The minimum atomic E-state index is -0.532. The fraction of sp³-hybridized carbons (Fsp3) is 0.357. The molecule has 1 aliphatic heterocycles. The molecule has 0 aliphatic carbocycles. The minimum absolute atomic E-state index is 0.485. The van der Waals surface area contributed by atoms with Crippen LogP contribution in [0.5, 0.6) is 0 Å². The Balaban J connectivity index is 1.60. The average Bonchev–Trinajstić information content (AvgIpc) is 2.93. The van der Waals surface area contributed by atoms with Crippen molar-refractivity contribution in [3.63, 3.8) is 0 Å². The van der Waals surface area contributed by atoms with Crippen LogP contribution in [0.3, 0.4) is 0 Å². The largest absolute Gasteiger partial charge is 0.367 e. The van der Waals surface area contributed by atoms with Crippen molar-refractivity contribution in [2.75, 3.05) is 31.1 Å². The zero-order valence-corrected chi connectivity index (χ0v) is 11.7. The van der Waals surface area contributed by atoms with Crippen LogP contribution < -0.4 is 4.90 Å². The highest BCUT2D eigenvalue weighted by atomic mass is 32.1. The number of anilines is 1. The van der Waals surface area contributed by atoms with Gasteiger partial charge in [-0.25, -0.2) is 8.78 Å². The first-order valence-corrected chi connectivity index (χ1v) is 7.40. The van der Waals surface area contributed by atoms with Crippen molar-refractivity contribution in [3.8, 4) is 0 Å². The van der Waals surface area contributed by atoms with Gasteiger partial charge in [-0.2, -0.15) is 0 Å². The number of hydrogen-bond acceptors (Lipinski definition) is 4. The Hall–Kier alpha value is -1.53. The Morgan fingerprint density at radius 1 is 1.15 bits per heavy atom. The molecule has 3 rings (SSSR count). The monoisotopic (exact) mass is 295 g/mol. The molecule has 3 nitrogen and oxygen atoms in total. The van der Waals surface area contributed by atoms with Crippen LogP contribution in [0.1, 0.15) is 4.88 Å². The highest BCUT2D eigenvalue weighted by molar-refractivity contribution is 7.09. The second kappa shape index (κ2) is 5.85. The van der Waals surface area contributed by atoms with Gasteiger partial charge in [0, 0.05) is 49.9 Å². The third-order valence-electron chi connectivity index (χ3n) is 3.49. The smallest absolute Gasteiger partial charge is 0.149 e. The number of benzene rings is 1. The maximum absolute atomic E-state index is 13.7. The van der Waals surface area contributed by atoms with Crippen LogP contribution in [0.25, 0.3) is 0 Å². The summed E-state index contributed by atoms with van der Waals surface area (Å²) in [7, 11) is 0. The maximum Gasteiger partial charge on any atom is 0.149 e. The van der Waals surface area contributed by atoms with Gasteiger partial charge in [0.15, 0.2) is 0 Å². The average molecular weight is 295 g/mol. The van der Waals surface area contributed by atoms with Gasteiger partial charge in [0.25, 0.3) is 0 Å². The molecule has 0 N–H and O–H groups in total. The molecule has 6 heteroatoms. The van der Waals surface area contributed by atoms with E-state index in [0.717, 1.165) is 38.8 Å². The summed E-state index contributed by atoms with van der Waals surface area (Å²) in [4.78, 5) is 9.60. The van der Waals surface area contributed by atoms with Crippen LogP contribution in [-0.2, 0) is 6.54 Å². The lowest BCUT2D eigenvalue weighted by atomic mass is 10.2. The van der Waals surface area contributed by atoms with Gasteiger partial charge in [0.1, 0.15) is 11.6 Å². The Morgan fingerprint density at radius 2 is 1.95 bits per heavy atom. The Labute approximate surface area is 120 Å². The van der Waals surface area contributed by atoms with E-state index in [2.05, 4.69) is 9.88 Å². The molecule has 1 saturated heterocycles. The summed E-state index contributed by atoms with van der Waals surface area (Å²) in [6.45, 7) is 4.14. The van der Waals surface area contributed by atoms with Gasteiger partial charge in [-0.3, -0.25) is 9.88 Å². The first kappa shape index (κ1) is 13.5. The molecule has 0 radical (unpaired) electrons. The topological polar surface area (TPSA) is 19.4 Å². The molecule has 2 aromatic rings. The van der Waals surface area contributed by atoms with E-state index in [9.17, 15) is 8.78 Å². The van der Waals surface area contributed by atoms with Crippen molar-refractivity contribution in [3.05, 3.63) is 46.4 Å². The molecular formula is C14H15F2N3S. The van der Waals surface area contributed by atoms with Gasteiger partial charge in [-0.1, -0.05) is 0 Å². The molecule has 1 aromatic carbocycles. The SMILES string of the molecule is Fc1ccc(N2CCN(Cc3cncs3)CC2)c(F)c1. The summed E-state index contributed by atoms with van der Waals surface area (Å²) in [6, 6.07) is 3.77. The van der Waals surface area contributed by atoms with E-state index in [0.29, 0.717) is 5.69 Å². The number of nitrogens with zero attached hydrogens (tertiary/aromatic N) is 3. The van der Waals surface area contributed by atoms with E-state index < -0.39 is 11.6 Å². The van der Waals surface area contributed by atoms with Crippen LogP contribution in [0.15, 0.2) is 29.9 Å². The zero-order chi connectivity index (χ0) is 13.9. The third kappa shape index (κ3) is 2.96. The normalized spacial score (nSPS) is 16.6. The van der Waals surface area contributed by atoms with E-state index in [1.54, 1.807) is 11.3 Å². The van der Waals surface area contributed by atoms with Gasteiger partial charge in [0.05, 0.1) is 11.2 Å². The van der Waals surface area contributed by atoms with Gasteiger partial charge < -0.3 is 4.90 Å². The highest BCUT2D eigenvalue weighted by Gasteiger charge is 2.20. The lowest BCUT2D eigenvalue weighted by Gasteiger charge is -2.35. The maximum atomic E-state index is 13.7. The molecule has 0 bridgehead atoms. The lowest BCUT2D eigenvalue weighted by Crippen LogP contribution is -2.46. The molecular weight excluding hydrogens is 280 g/mol. The summed E-state index contributed by atoms with van der Waals surface area (Å²) >= 11 is 1.65. The first-order valence-electron chi connectivity index (χ1n) is 6.52. The number of halogens is 2. The fourth-order valence-electron chi connectivity index (χ4n) is 2.43. The summed E-state index contributed by atoms with van der Waals surface area (Å²) in [6.07, 6.45) is 1.89. The molecule has 0 saturated carbocycles. The molecule has 20 heavy (non-hydrogen) atoms. The van der Waals surface area contributed by atoms with Gasteiger partial charge in [0.2, 0.25) is 0 Å². The second-order valence-corrected chi connectivity index (χ2v) is 5.80. The summed E-state index contributed by atoms with van der Waals surface area (Å²) < 4.78 is 26.7. The molecule has 2 heterocycles. The predicted molar refractivity (Wildman–Crippen MR) is 76.0 cm³/mol. The van der Waals surface area contributed by atoms with Crippen molar-refractivity contribution in [2.24, 2.45) is 0 Å². The Morgan fingerprint density at radius 3 is 2.60 bits per heavy atom. The number of piperazine rings is 1. The molecule has 1 aliphatic rings. The second-order valence-electron chi connectivity index (χ2n) is 4.83. The Bertz CT molecular complexity index is 566. The van der Waals surface area contributed by atoms with E-state index >= 15 is 0 Å². The number of aromatic nitrogens is 1. The van der Waals surface area contributed by atoms with Crippen LogP contribution >= 0.6 is 11.3 Å². The lowest BCUT2D eigenvalue weighted by molar-refractivity contribution is 0.251. The quantitative estimate of drug-likeness (QED) is 0.868. The number of hydrogen-bond donors (Lipinski definition) is 0. The molecule has 0 atom stereocenters. The van der Waals surface area contributed by atoms with Crippen molar-refractivity contribution in [2.45, 2.75) is 6.54 Å². The van der Waals surface area contributed by atoms with E-state index in [1.807, 2.05) is 16.6 Å². The van der Waals surface area contributed by atoms with Crippen LogP contribution in [-0.4, -0.2) is 36.1 Å². The van der Waals surface area contributed by atoms with Gasteiger partial charge >= 0.3 is 0 Å². The van der Waals surface area contributed by atoms with E-state index in [-0.39, 0.29) is 0 Å². The standard InChI is InChI=1S/C14H15F2N3S/c15-11-1-2-14(13(16)7-11)19-5-3-18(4-6-19)9-12-8-17-10-20-12/h1-2,7-8,10H,3-6,9H2. The predicted octanol–water partition coefficient (Wildman–Crippen LogP) is 2.74. The molecule has 1 aromatic heterocycles. The van der Waals surface area contributed by atoms with Crippen molar-refractivity contribution in [1.82, 2.24) is 9.88 Å². The van der Waals surface area contributed by atoms with Gasteiger partial charge in [-0.15, -0.1) is 11.3 Å². The first-order chi connectivity index (χ1) is 9.72. The molecule has 106 valence electrons. The zero-order valence-electron chi connectivity index (χ0n) is 10.9. The van der Waals surface area contributed by atoms with Crippen molar-refractivity contribution >= 4 is 17.0 Å². The summed E-state index contributed by atoms with van der Waals surface area (Å²) in [5.41, 5.74) is 2.32. The molecule has 0 amide bonds. The van der Waals surface area contributed by atoms with E-state index in [4.69, 9.17) is 0 Å². The number of thiazole rings is 1. The molecule has 1 fully saturated rings. The molecule has 0 unspecified atom stereocenters. The summed E-state index contributed by atoms with van der Waals surface area (Å²) in [5.74, 6) is -1.02. The fourth-order valence-corrected chi connectivity index (χ4v) is 3.06. The van der Waals surface area contributed by atoms with Crippen LogP contribution in [0, 0.1) is 11.6 Å². The third-order valence-corrected chi connectivity index (χ3v) is 4.25. The van der Waals surface area contributed by atoms with E-state index in [1.165, 1.54) is 17.0 Å². The van der Waals surface area contributed by atoms with Gasteiger partial charge in [-0.05, 0) is 12.1 Å². The van der Waals surface area contributed by atoms with Crippen molar-refractivity contribution in [1.29, 1.82) is 0 Å². The minimum Gasteiger partial charge on any atom is -0.367 e. The highest BCUT2D eigenvalue weighted by Crippen LogP contribution is 2.22. The summed E-state index contributed by atoms with van der Waals surface area (Å²) in [5, 5.41) is 0.